The van der Waals surface area contributed by atoms with E-state index in [1.807, 2.05) is 6.92 Å². The molecule has 2 N–H and O–H groups in total. The van der Waals surface area contributed by atoms with Crippen LogP contribution in [0.15, 0.2) is 0 Å². The van der Waals surface area contributed by atoms with Crippen LogP contribution in [-0.2, 0) is 4.79 Å². The molecule has 4 fully saturated rings. The van der Waals surface area contributed by atoms with E-state index >= 15 is 0 Å². The maximum absolute atomic E-state index is 11.9. The molecule has 31 heavy (non-hydrogen) atoms. The number of ketones is 1. The number of hydrogen-bond donors (Lipinski definition) is 2. The Labute approximate surface area is 190 Å². The van der Waals surface area contributed by atoms with Crippen molar-refractivity contribution in [2.75, 3.05) is 0 Å². The molecule has 4 saturated carbocycles. The topological polar surface area (TPSA) is 57.5 Å². The minimum absolute atomic E-state index is 0.174. The summed E-state index contributed by atoms with van der Waals surface area (Å²) in [7, 11) is 0. The Kier molecular flexibility index (Phi) is 6.70. The van der Waals surface area contributed by atoms with Crippen LogP contribution in [0.25, 0.3) is 0 Å². The molecule has 3 nitrogen and oxygen atoms in total. The summed E-state index contributed by atoms with van der Waals surface area (Å²) in [5.41, 5.74) is 0.592. The molecule has 0 aromatic carbocycles. The third kappa shape index (κ3) is 3.74. The molecule has 3 heteroatoms. The number of hydrogen-bond acceptors (Lipinski definition) is 3. The summed E-state index contributed by atoms with van der Waals surface area (Å²) in [5.74, 6) is 4.15. The fourth-order valence-electron chi connectivity index (χ4n) is 9.70. The van der Waals surface area contributed by atoms with E-state index in [0.717, 1.165) is 38.5 Å². The van der Waals surface area contributed by atoms with Crippen LogP contribution >= 0.6 is 0 Å². The number of rotatable bonds is 6. The van der Waals surface area contributed by atoms with Crippen LogP contribution in [0.2, 0.25) is 0 Å². The summed E-state index contributed by atoms with van der Waals surface area (Å²) in [6.45, 7) is 11.7. The van der Waals surface area contributed by atoms with Gasteiger partial charge < -0.3 is 10.2 Å². The highest BCUT2D eigenvalue weighted by atomic mass is 16.3. The van der Waals surface area contributed by atoms with E-state index in [9.17, 15) is 15.0 Å². The Hall–Kier alpha value is -0.410. The molecule has 0 saturated heterocycles. The molecular weight excluding hydrogens is 384 g/mol. The zero-order valence-electron chi connectivity index (χ0n) is 20.8. The van der Waals surface area contributed by atoms with E-state index in [2.05, 4.69) is 27.7 Å². The monoisotopic (exact) mass is 432 g/mol. The number of carbonyl (C=O) groups is 1. The first-order chi connectivity index (χ1) is 14.7. The molecular formula is C28H48O3. The van der Waals surface area contributed by atoms with E-state index in [-0.39, 0.29) is 17.6 Å². The van der Waals surface area contributed by atoms with Crippen LogP contribution in [0.4, 0.5) is 0 Å². The first-order valence-corrected chi connectivity index (χ1v) is 13.5. The fourth-order valence-corrected chi connectivity index (χ4v) is 9.70. The maximum atomic E-state index is 11.9. The predicted octanol–water partition coefficient (Wildman–Crippen LogP) is 6.01. The van der Waals surface area contributed by atoms with Gasteiger partial charge in [0.25, 0.3) is 0 Å². The van der Waals surface area contributed by atoms with E-state index in [1.165, 1.54) is 25.7 Å². The van der Waals surface area contributed by atoms with Crippen molar-refractivity contribution in [2.24, 2.45) is 52.3 Å². The summed E-state index contributed by atoms with van der Waals surface area (Å²) in [6.07, 6.45) is 11.1. The Morgan fingerprint density at radius 2 is 1.65 bits per heavy atom. The van der Waals surface area contributed by atoms with Crippen molar-refractivity contribution in [3.63, 3.8) is 0 Å². The highest BCUT2D eigenvalue weighted by molar-refractivity contribution is 5.77. The van der Waals surface area contributed by atoms with Gasteiger partial charge in [-0.1, -0.05) is 41.0 Å². The highest BCUT2D eigenvalue weighted by Gasteiger charge is 2.64. The van der Waals surface area contributed by atoms with E-state index < -0.39 is 0 Å². The lowest BCUT2D eigenvalue weighted by atomic mass is 9.41. The smallest absolute Gasteiger partial charge is 0.132 e. The quantitative estimate of drug-likeness (QED) is 0.540. The van der Waals surface area contributed by atoms with Crippen molar-refractivity contribution < 1.29 is 15.0 Å². The second-order valence-electron chi connectivity index (χ2n) is 12.5. The fraction of sp³-hybridized carbons (Fsp3) is 0.964. The van der Waals surface area contributed by atoms with E-state index in [4.69, 9.17) is 0 Å². The molecule has 3 unspecified atom stereocenters. The second kappa shape index (κ2) is 8.75. The van der Waals surface area contributed by atoms with Crippen molar-refractivity contribution >= 4 is 5.78 Å². The molecule has 4 aliphatic rings. The summed E-state index contributed by atoms with van der Waals surface area (Å²) >= 11 is 0. The van der Waals surface area contributed by atoms with Crippen LogP contribution in [0.5, 0.6) is 0 Å². The summed E-state index contributed by atoms with van der Waals surface area (Å²) in [6, 6.07) is 0. The molecule has 0 aromatic heterocycles. The van der Waals surface area contributed by atoms with Gasteiger partial charge in [0.2, 0.25) is 0 Å². The lowest BCUT2D eigenvalue weighted by Gasteiger charge is -2.64. The van der Waals surface area contributed by atoms with Gasteiger partial charge in [-0.15, -0.1) is 0 Å². The molecule has 11 atom stereocenters. The number of aliphatic hydroxyl groups is 2. The van der Waals surface area contributed by atoms with Gasteiger partial charge in [0, 0.05) is 12.8 Å². The van der Waals surface area contributed by atoms with E-state index in [0.29, 0.717) is 59.0 Å². The Morgan fingerprint density at radius 1 is 0.968 bits per heavy atom. The second-order valence-corrected chi connectivity index (χ2v) is 12.5. The molecule has 0 heterocycles. The Morgan fingerprint density at radius 3 is 2.32 bits per heavy atom. The van der Waals surface area contributed by atoms with Gasteiger partial charge in [-0.05, 0) is 104 Å². The average molecular weight is 433 g/mol. The van der Waals surface area contributed by atoms with Crippen molar-refractivity contribution in [3.8, 4) is 0 Å². The number of fused-ring (bicyclic) bond motifs is 5. The van der Waals surface area contributed by atoms with Gasteiger partial charge in [0.15, 0.2) is 0 Å². The summed E-state index contributed by atoms with van der Waals surface area (Å²) in [5, 5.41) is 22.2. The maximum Gasteiger partial charge on any atom is 0.132 e. The number of carbonyl (C=O) groups excluding carboxylic acids is 1. The normalized spacial score (nSPS) is 50.3. The number of Topliss-reactive ketones (excluding diaryl/α,β-unsaturated/α-hetero) is 1. The first kappa shape index (κ1) is 23.7. The van der Waals surface area contributed by atoms with Crippen LogP contribution in [0.1, 0.15) is 105 Å². The largest absolute Gasteiger partial charge is 0.393 e. The molecule has 4 rings (SSSR count). The standard InChI is InChI=1S/C28H48O3/c1-6-18(29)9-8-17(3)21-10-11-22-25-23(13-15-27(21,22)4)28(5)14-12-19(30)16-24(28)20(7-2)26(25)31/h17,19-26,30-31H,6-16H2,1-5H3/t17-,19-,20-,21-,22+,23+,24?,25?,26-,27?,28-/m1/s1. The Balaban J connectivity index is 1.58. The molecule has 0 amide bonds. The molecule has 0 radical (unpaired) electrons. The van der Waals surface area contributed by atoms with Crippen LogP contribution < -0.4 is 0 Å². The van der Waals surface area contributed by atoms with Crippen LogP contribution in [-0.4, -0.2) is 28.2 Å². The molecule has 0 spiro atoms. The van der Waals surface area contributed by atoms with Gasteiger partial charge >= 0.3 is 0 Å². The van der Waals surface area contributed by atoms with Gasteiger partial charge in [0.1, 0.15) is 5.78 Å². The van der Waals surface area contributed by atoms with Crippen LogP contribution in [0.3, 0.4) is 0 Å². The lowest BCUT2D eigenvalue weighted by molar-refractivity contribution is -0.203. The SMILES string of the molecule is CCC(=O)CC[C@@H](C)[C@H]1CC[C@H]2C3[C@H](O)[C@H](CC)C4C[C@H](O)CC[C@]4(C)[C@H]3CCC12C. The van der Waals surface area contributed by atoms with Gasteiger partial charge in [0.05, 0.1) is 12.2 Å². The molecule has 0 aliphatic heterocycles. The molecule has 178 valence electrons. The van der Waals surface area contributed by atoms with Gasteiger partial charge in [-0.3, -0.25) is 4.79 Å². The van der Waals surface area contributed by atoms with Crippen molar-refractivity contribution in [1.29, 1.82) is 0 Å². The van der Waals surface area contributed by atoms with Crippen LogP contribution in [0, 0.1) is 52.3 Å². The summed E-state index contributed by atoms with van der Waals surface area (Å²) < 4.78 is 0. The average Bonchev–Trinajstić information content (AvgIpc) is 3.10. The molecule has 4 aliphatic carbocycles. The highest BCUT2D eigenvalue weighted by Crippen LogP contribution is 2.69. The predicted molar refractivity (Wildman–Crippen MR) is 125 cm³/mol. The lowest BCUT2D eigenvalue weighted by Crippen LogP contribution is -2.62. The molecule has 0 bridgehead atoms. The molecule has 0 aromatic rings. The number of aliphatic hydroxyl groups excluding tert-OH is 2. The summed E-state index contributed by atoms with van der Waals surface area (Å²) in [4.78, 5) is 11.9. The zero-order chi connectivity index (χ0) is 22.6. The minimum Gasteiger partial charge on any atom is -0.393 e. The van der Waals surface area contributed by atoms with Gasteiger partial charge in [-0.2, -0.15) is 0 Å². The van der Waals surface area contributed by atoms with Gasteiger partial charge in [-0.25, -0.2) is 0 Å². The van der Waals surface area contributed by atoms with Crippen molar-refractivity contribution in [1.82, 2.24) is 0 Å². The van der Waals surface area contributed by atoms with E-state index in [1.54, 1.807) is 0 Å². The third-order valence-electron chi connectivity index (χ3n) is 11.4. The third-order valence-corrected chi connectivity index (χ3v) is 11.4. The van der Waals surface area contributed by atoms with Crippen molar-refractivity contribution in [3.05, 3.63) is 0 Å². The minimum atomic E-state index is -0.210. The Bertz CT molecular complexity index is 661. The zero-order valence-corrected chi connectivity index (χ0v) is 20.8. The van der Waals surface area contributed by atoms with Crippen molar-refractivity contribution in [2.45, 2.75) is 117 Å². The first-order valence-electron chi connectivity index (χ1n) is 13.5.